The minimum atomic E-state index is 0.0699. The number of rotatable bonds is 7. The lowest BCUT2D eigenvalue weighted by Gasteiger charge is -2.23. The predicted molar refractivity (Wildman–Crippen MR) is 76.9 cm³/mol. The summed E-state index contributed by atoms with van der Waals surface area (Å²) in [5, 5.41) is 3.32. The smallest absolute Gasteiger partial charge is 0.133 e. The molecule has 1 aromatic rings. The van der Waals surface area contributed by atoms with Gasteiger partial charge in [-0.15, -0.1) is 0 Å². The van der Waals surface area contributed by atoms with Gasteiger partial charge in [-0.2, -0.15) is 0 Å². The molecule has 0 aliphatic heterocycles. The second-order valence-corrected chi connectivity index (χ2v) is 5.40. The van der Waals surface area contributed by atoms with E-state index in [0.29, 0.717) is 6.54 Å². The summed E-state index contributed by atoms with van der Waals surface area (Å²) in [5.41, 5.74) is 5.78. The Morgan fingerprint density at radius 1 is 1.39 bits per heavy atom. The van der Waals surface area contributed by atoms with Crippen LogP contribution in [0.5, 0.6) is 0 Å². The quantitative estimate of drug-likeness (QED) is 0.772. The first kappa shape index (κ1) is 14.7. The van der Waals surface area contributed by atoms with Gasteiger partial charge in [0.15, 0.2) is 0 Å². The molecule has 0 saturated heterocycles. The van der Waals surface area contributed by atoms with Crippen molar-refractivity contribution >= 4 is 11.6 Å². The Balaban J connectivity index is 2.65. The van der Waals surface area contributed by atoms with Crippen molar-refractivity contribution in [3.05, 3.63) is 12.4 Å². The van der Waals surface area contributed by atoms with Crippen molar-refractivity contribution in [2.75, 3.05) is 36.9 Å². The summed E-state index contributed by atoms with van der Waals surface area (Å²) in [6, 6.07) is 1.97. The van der Waals surface area contributed by atoms with Crippen LogP contribution < -0.4 is 16.0 Å². The molecule has 0 aliphatic rings. The molecule has 5 heteroatoms. The highest BCUT2D eigenvalue weighted by Crippen LogP contribution is 2.16. The average Bonchev–Trinajstić information content (AvgIpc) is 2.37. The molecule has 1 heterocycles. The number of nitrogens with one attached hydrogen (secondary N) is 1. The van der Waals surface area contributed by atoms with Crippen molar-refractivity contribution in [1.29, 1.82) is 0 Å². The fourth-order valence-corrected chi connectivity index (χ4v) is 1.50. The van der Waals surface area contributed by atoms with Crippen molar-refractivity contribution in [2.45, 2.75) is 27.2 Å². The SMILES string of the molecule is CCCN(C)c1cc(NCC(C)(C)CN)ncn1. The highest BCUT2D eigenvalue weighted by molar-refractivity contribution is 5.47. The van der Waals surface area contributed by atoms with Crippen molar-refractivity contribution < 1.29 is 0 Å². The van der Waals surface area contributed by atoms with Crippen LogP contribution in [-0.4, -0.2) is 36.6 Å². The van der Waals surface area contributed by atoms with Crippen LogP contribution >= 0.6 is 0 Å². The van der Waals surface area contributed by atoms with Gasteiger partial charge in [-0.3, -0.25) is 0 Å². The van der Waals surface area contributed by atoms with E-state index in [0.717, 1.165) is 31.1 Å². The second-order valence-electron chi connectivity index (χ2n) is 5.40. The molecular weight excluding hydrogens is 226 g/mol. The summed E-state index contributed by atoms with van der Waals surface area (Å²) in [7, 11) is 2.04. The zero-order chi connectivity index (χ0) is 13.6. The molecule has 0 unspecified atom stereocenters. The second kappa shape index (κ2) is 6.54. The molecule has 5 nitrogen and oxygen atoms in total. The highest BCUT2D eigenvalue weighted by atomic mass is 15.2. The van der Waals surface area contributed by atoms with Gasteiger partial charge >= 0.3 is 0 Å². The molecule has 102 valence electrons. The monoisotopic (exact) mass is 251 g/mol. The lowest BCUT2D eigenvalue weighted by Crippen LogP contribution is -2.31. The van der Waals surface area contributed by atoms with E-state index in [1.807, 2.05) is 13.1 Å². The van der Waals surface area contributed by atoms with Crippen LogP contribution in [0.1, 0.15) is 27.2 Å². The van der Waals surface area contributed by atoms with Crippen molar-refractivity contribution in [3.8, 4) is 0 Å². The number of aromatic nitrogens is 2. The molecule has 1 rings (SSSR count). The maximum absolute atomic E-state index is 5.71. The lowest BCUT2D eigenvalue weighted by molar-refractivity contribution is 0.405. The Morgan fingerprint density at radius 3 is 2.72 bits per heavy atom. The number of anilines is 2. The zero-order valence-electron chi connectivity index (χ0n) is 11.9. The van der Waals surface area contributed by atoms with Gasteiger partial charge in [-0.1, -0.05) is 20.8 Å². The molecule has 0 amide bonds. The summed E-state index contributed by atoms with van der Waals surface area (Å²) < 4.78 is 0. The van der Waals surface area contributed by atoms with Crippen LogP contribution in [-0.2, 0) is 0 Å². The minimum Gasteiger partial charge on any atom is -0.369 e. The Bertz CT molecular complexity index is 364. The Hall–Kier alpha value is -1.36. The number of nitrogens with two attached hydrogens (primary N) is 1. The van der Waals surface area contributed by atoms with E-state index in [-0.39, 0.29) is 5.41 Å². The number of nitrogens with zero attached hydrogens (tertiary/aromatic N) is 3. The van der Waals surface area contributed by atoms with Crippen LogP contribution in [0.25, 0.3) is 0 Å². The zero-order valence-corrected chi connectivity index (χ0v) is 11.9. The van der Waals surface area contributed by atoms with Gasteiger partial charge in [-0.05, 0) is 18.4 Å². The van der Waals surface area contributed by atoms with Gasteiger partial charge in [0.05, 0.1) is 0 Å². The fourth-order valence-electron chi connectivity index (χ4n) is 1.50. The van der Waals surface area contributed by atoms with Crippen LogP contribution in [0.2, 0.25) is 0 Å². The molecule has 0 radical (unpaired) electrons. The third-order valence-electron chi connectivity index (χ3n) is 2.90. The topological polar surface area (TPSA) is 67.1 Å². The van der Waals surface area contributed by atoms with Crippen LogP contribution in [0, 0.1) is 5.41 Å². The van der Waals surface area contributed by atoms with E-state index in [1.165, 1.54) is 0 Å². The van der Waals surface area contributed by atoms with Gasteiger partial charge in [0.25, 0.3) is 0 Å². The van der Waals surface area contributed by atoms with E-state index in [9.17, 15) is 0 Å². The van der Waals surface area contributed by atoms with E-state index in [2.05, 4.69) is 41.0 Å². The van der Waals surface area contributed by atoms with E-state index >= 15 is 0 Å². The van der Waals surface area contributed by atoms with Gasteiger partial charge in [0.1, 0.15) is 18.0 Å². The van der Waals surface area contributed by atoms with Crippen molar-refractivity contribution in [1.82, 2.24) is 9.97 Å². The Morgan fingerprint density at radius 2 is 2.11 bits per heavy atom. The third kappa shape index (κ3) is 4.49. The molecule has 0 fully saturated rings. The first-order chi connectivity index (χ1) is 8.48. The molecule has 0 aliphatic carbocycles. The highest BCUT2D eigenvalue weighted by Gasteiger charge is 2.15. The first-order valence-electron chi connectivity index (χ1n) is 6.45. The molecule has 3 N–H and O–H groups in total. The first-order valence-corrected chi connectivity index (χ1v) is 6.45. The molecule has 0 spiro atoms. The molecule has 0 saturated carbocycles. The summed E-state index contributed by atoms with van der Waals surface area (Å²) >= 11 is 0. The van der Waals surface area contributed by atoms with Gasteiger partial charge < -0.3 is 16.0 Å². The van der Waals surface area contributed by atoms with Crippen LogP contribution in [0.3, 0.4) is 0 Å². The van der Waals surface area contributed by atoms with E-state index in [1.54, 1.807) is 6.33 Å². The van der Waals surface area contributed by atoms with Gasteiger partial charge in [0, 0.05) is 26.2 Å². The third-order valence-corrected chi connectivity index (χ3v) is 2.90. The molecule has 0 bridgehead atoms. The van der Waals surface area contributed by atoms with Gasteiger partial charge in [-0.25, -0.2) is 9.97 Å². The summed E-state index contributed by atoms with van der Waals surface area (Å²) in [6.07, 6.45) is 2.70. The summed E-state index contributed by atoms with van der Waals surface area (Å²) in [4.78, 5) is 10.6. The van der Waals surface area contributed by atoms with E-state index < -0.39 is 0 Å². The average molecular weight is 251 g/mol. The molecule has 1 aromatic heterocycles. The summed E-state index contributed by atoms with van der Waals surface area (Å²) in [6.45, 7) is 8.85. The summed E-state index contributed by atoms with van der Waals surface area (Å²) in [5.74, 6) is 1.80. The Kier molecular flexibility index (Phi) is 5.34. The largest absolute Gasteiger partial charge is 0.369 e. The molecule has 0 atom stereocenters. The molecule has 18 heavy (non-hydrogen) atoms. The number of hydrogen-bond acceptors (Lipinski definition) is 5. The van der Waals surface area contributed by atoms with Crippen LogP contribution in [0.15, 0.2) is 12.4 Å². The fraction of sp³-hybridized carbons (Fsp3) is 0.692. The van der Waals surface area contributed by atoms with Crippen LogP contribution in [0.4, 0.5) is 11.6 Å². The minimum absolute atomic E-state index is 0.0699. The van der Waals surface area contributed by atoms with E-state index in [4.69, 9.17) is 5.73 Å². The maximum atomic E-state index is 5.71. The predicted octanol–water partition coefficient (Wildman–Crippen LogP) is 1.72. The van der Waals surface area contributed by atoms with Crippen molar-refractivity contribution in [2.24, 2.45) is 11.1 Å². The molecule has 0 aromatic carbocycles. The van der Waals surface area contributed by atoms with Crippen molar-refractivity contribution in [3.63, 3.8) is 0 Å². The lowest BCUT2D eigenvalue weighted by atomic mass is 9.94. The number of hydrogen-bond donors (Lipinski definition) is 2. The normalized spacial score (nSPS) is 11.4. The maximum Gasteiger partial charge on any atom is 0.133 e. The van der Waals surface area contributed by atoms with Gasteiger partial charge in [0.2, 0.25) is 0 Å². The standard InChI is InChI=1S/C13H25N5/c1-5-6-18(4)12-7-11(16-10-17-12)15-9-13(2,3)8-14/h7,10H,5-6,8-9,14H2,1-4H3,(H,15,16,17). The molecular formula is C13H25N5. The Labute approximate surface area is 110 Å².